The molecule has 1 amide bonds. The number of hydrogen-bond acceptors (Lipinski definition) is 4. The highest BCUT2D eigenvalue weighted by Gasteiger charge is 2.32. The molecule has 1 saturated heterocycles. The molecule has 1 aromatic heterocycles. The molecule has 27 heavy (non-hydrogen) atoms. The van der Waals surface area contributed by atoms with Gasteiger partial charge in [0.1, 0.15) is 0 Å². The van der Waals surface area contributed by atoms with E-state index in [1.165, 1.54) is 0 Å². The van der Waals surface area contributed by atoms with Crippen LogP contribution in [0.5, 0.6) is 0 Å². The number of nitrogens with one attached hydrogen (secondary N) is 1. The van der Waals surface area contributed by atoms with Crippen molar-refractivity contribution in [1.82, 2.24) is 15.1 Å². The van der Waals surface area contributed by atoms with Crippen molar-refractivity contribution in [3.63, 3.8) is 0 Å². The van der Waals surface area contributed by atoms with Crippen molar-refractivity contribution < 1.29 is 13.2 Å². The minimum Gasteiger partial charge on any atom is -0.351 e. The van der Waals surface area contributed by atoms with Crippen molar-refractivity contribution in [2.45, 2.75) is 39.7 Å². The van der Waals surface area contributed by atoms with Crippen LogP contribution in [0.4, 0.5) is 0 Å². The molecule has 0 saturated carbocycles. The maximum Gasteiger partial charge on any atom is 0.271 e. The van der Waals surface area contributed by atoms with Crippen molar-refractivity contribution in [1.29, 1.82) is 0 Å². The molecule has 2 heterocycles. The molecule has 0 spiro atoms. The van der Waals surface area contributed by atoms with Gasteiger partial charge in [-0.25, -0.2) is 8.42 Å². The van der Waals surface area contributed by atoms with Crippen LogP contribution in [-0.4, -0.2) is 42.2 Å². The summed E-state index contributed by atoms with van der Waals surface area (Å²) in [4.78, 5) is 12.5. The van der Waals surface area contributed by atoms with E-state index in [0.717, 1.165) is 23.2 Å². The molecular formula is C20H27N3O3S. The highest BCUT2D eigenvalue weighted by Crippen LogP contribution is 2.30. The van der Waals surface area contributed by atoms with Gasteiger partial charge in [0.05, 0.1) is 23.2 Å². The molecule has 1 fully saturated rings. The second-order valence-electron chi connectivity index (χ2n) is 7.72. The molecule has 1 aliphatic rings. The fourth-order valence-electron chi connectivity index (χ4n) is 3.26. The van der Waals surface area contributed by atoms with Crippen LogP contribution in [0.3, 0.4) is 0 Å². The second kappa shape index (κ2) is 7.84. The van der Waals surface area contributed by atoms with E-state index < -0.39 is 9.84 Å². The topological polar surface area (TPSA) is 81.1 Å². The number of carbonyl (C=O) groups is 1. The predicted octanol–water partition coefficient (Wildman–Crippen LogP) is 2.99. The monoisotopic (exact) mass is 389 g/mol. The number of sulfone groups is 1. The van der Waals surface area contributed by atoms with E-state index in [1.807, 2.05) is 31.2 Å². The number of carbonyl (C=O) groups excluding carboxylic acids is 1. The maximum atomic E-state index is 12.5. The molecule has 146 valence electrons. The third-order valence-electron chi connectivity index (χ3n) is 4.88. The van der Waals surface area contributed by atoms with Gasteiger partial charge >= 0.3 is 0 Å². The third-order valence-corrected chi connectivity index (χ3v) is 6.63. The molecular weight excluding hydrogens is 362 g/mol. The minimum absolute atomic E-state index is 0.0714. The van der Waals surface area contributed by atoms with Gasteiger partial charge in [0.25, 0.3) is 5.91 Å². The zero-order valence-corrected chi connectivity index (χ0v) is 16.9. The van der Waals surface area contributed by atoms with Crippen LogP contribution in [0.1, 0.15) is 48.8 Å². The first-order valence-corrected chi connectivity index (χ1v) is 11.2. The molecule has 2 aromatic rings. The Hall–Kier alpha value is -2.15. The fourth-order valence-corrected chi connectivity index (χ4v) is 4.95. The van der Waals surface area contributed by atoms with Crippen molar-refractivity contribution in [2.75, 3.05) is 18.1 Å². The van der Waals surface area contributed by atoms with Crippen LogP contribution in [-0.2, 0) is 9.84 Å². The molecule has 1 aliphatic heterocycles. The molecule has 0 aliphatic carbocycles. The van der Waals surface area contributed by atoms with Gasteiger partial charge < -0.3 is 5.32 Å². The molecule has 0 unspecified atom stereocenters. The third kappa shape index (κ3) is 4.77. The Labute approximate surface area is 160 Å². The summed E-state index contributed by atoms with van der Waals surface area (Å²) in [6, 6.07) is 9.49. The second-order valence-corrected chi connectivity index (χ2v) is 9.95. The Kier molecular flexibility index (Phi) is 5.69. The number of hydrogen-bond donors (Lipinski definition) is 1. The van der Waals surface area contributed by atoms with Crippen LogP contribution >= 0.6 is 0 Å². The van der Waals surface area contributed by atoms with Crippen LogP contribution in [0.2, 0.25) is 0 Å². The predicted molar refractivity (Wildman–Crippen MR) is 106 cm³/mol. The van der Waals surface area contributed by atoms with E-state index in [-0.39, 0.29) is 23.5 Å². The first kappa shape index (κ1) is 19.6. The molecule has 1 atom stereocenters. The molecule has 6 nitrogen and oxygen atoms in total. The standard InChI is InChI=1S/C20H27N3O3S/c1-14(2)8-10-21-20(24)18-12-19(16-6-4-15(3)5-7-16)23(22-18)17-9-11-27(25,26)13-17/h4-7,12,14,17H,8-11,13H2,1-3H3,(H,21,24)/t17-/m1/s1. The molecule has 7 heteroatoms. The average Bonchev–Trinajstić information content (AvgIpc) is 3.18. The summed E-state index contributed by atoms with van der Waals surface area (Å²) in [5.74, 6) is 0.529. The van der Waals surface area contributed by atoms with Crippen molar-refractivity contribution >= 4 is 15.7 Å². The molecule has 1 aromatic carbocycles. The Morgan fingerprint density at radius 2 is 2.00 bits per heavy atom. The summed E-state index contributed by atoms with van der Waals surface area (Å²) < 4.78 is 25.6. The van der Waals surface area contributed by atoms with Gasteiger partial charge in [-0.2, -0.15) is 5.10 Å². The van der Waals surface area contributed by atoms with Crippen LogP contribution < -0.4 is 5.32 Å². The van der Waals surface area contributed by atoms with Gasteiger partial charge in [-0.05, 0) is 37.3 Å². The lowest BCUT2D eigenvalue weighted by Gasteiger charge is -2.13. The van der Waals surface area contributed by atoms with E-state index in [2.05, 4.69) is 24.3 Å². The average molecular weight is 390 g/mol. The van der Waals surface area contributed by atoms with Gasteiger partial charge in [-0.1, -0.05) is 43.7 Å². The lowest BCUT2D eigenvalue weighted by atomic mass is 10.1. The summed E-state index contributed by atoms with van der Waals surface area (Å²) in [5, 5.41) is 7.40. The largest absolute Gasteiger partial charge is 0.351 e. The molecule has 0 bridgehead atoms. The lowest BCUT2D eigenvalue weighted by molar-refractivity contribution is 0.0946. The molecule has 0 radical (unpaired) electrons. The SMILES string of the molecule is Cc1ccc(-c2cc(C(=O)NCCC(C)C)nn2[C@@H]2CCS(=O)(=O)C2)cc1. The normalized spacial score (nSPS) is 18.7. The zero-order chi connectivity index (χ0) is 19.6. The van der Waals surface area contributed by atoms with Crippen LogP contribution in [0.15, 0.2) is 30.3 Å². The summed E-state index contributed by atoms with van der Waals surface area (Å²) in [5.41, 5.74) is 3.18. The van der Waals surface area contributed by atoms with Crippen molar-refractivity contribution in [3.05, 3.63) is 41.6 Å². The van der Waals surface area contributed by atoms with E-state index in [4.69, 9.17) is 0 Å². The molecule has 3 rings (SSSR count). The highest BCUT2D eigenvalue weighted by atomic mass is 32.2. The highest BCUT2D eigenvalue weighted by molar-refractivity contribution is 7.91. The summed E-state index contributed by atoms with van der Waals surface area (Å²) in [6.07, 6.45) is 1.43. The number of nitrogens with zero attached hydrogens (tertiary/aromatic N) is 2. The Morgan fingerprint density at radius 3 is 2.59 bits per heavy atom. The Balaban J connectivity index is 1.91. The van der Waals surface area contributed by atoms with E-state index in [9.17, 15) is 13.2 Å². The first-order chi connectivity index (χ1) is 12.7. The van der Waals surface area contributed by atoms with Crippen LogP contribution in [0, 0.1) is 12.8 Å². The fraction of sp³-hybridized carbons (Fsp3) is 0.500. The number of rotatable bonds is 6. The summed E-state index contributed by atoms with van der Waals surface area (Å²) >= 11 is 0. The number of aryl methyl sites for hydroxylation is 1. The van der Waals surface area contributed by atoms with E-state index in [1.54, 1.807) is 10.7 Å². The summed E-state index contributed by atoms with van der Waals surface area (Å²) in [7, 11) is -3.05. The lowest BCUT2D eigenvalue weighted by Crippen LogP contribution is -2.26. The number of benzene rings is 1. The van der Waals surface area contributed by atoms with Gasteiger partial charge in [0, 0.05) is 6.54 Å². The van der Waals surface area contributed by atoms with Gasteiger partial charge in [-0.15, -0.1) is 0 Å². The molecule has 1 N–H and O–H groups in total. The van der Waals surface area contributed by atoms with Crippen molar-refractivity contribution in [3.8, 4) is 11.3 Å². The summed E-state index contributed by atoms with van der Waals surface area (Å²) in [6.45, 7) is 6.83. The Bertz CT molecular complexity index is 914. The maximum absolute atomic E-state index is 12.5. The smallest absolute Gasteiger partial charge is 0.271 e. The van der Waals surface area contributed by atoms with Gasteiger partial charge in [0.15, 0.2) is 15.5 Å². The van der Waals surface area contributed by atoms with Gasteiger partial charge in [0.2, 0.25) is 0 Å². The van der Waals surface area contributed by atoms with Crippen LogP contribution in [0.25, 0.3) is 11.3 Å². The minimum atomic E-state index is -3.05. The quantitative estimate of drug-likeness (QED) is 0.823. The van der Waals surface area contributed by atoms with Gasteiger partial charge in [-0.3, -0.25) is 9.48 Å². The Morgan fingerprint density at radius 1 is 1.30 bits per heavy atom. The first-order valence-electron chi connectivity index (χ1n) is 9.40. The van der Waals surface area contributed by atoms with E-state index >= 15 is 0 Å². The zero-order valence-electron chi connectivity index (χ0n) is 16.1. The number of aromatic nitrogens is 2. The van der Waals surface area contributed by atoms with E-state index in [0.29, 0.717) is 24.6 Å². The number of amides is 1. The van der Waals surface area contributed by atoms with Crippen molar-refractivity contribution in [2.24, 2.45) is 5.92 Å².